The molecule has 1 unspecified atom stereocenters. The fourth-order valence-electron chi connectivity index (χ4n) is 3.24. The second kappa shape index (κ2) is 5.16. The molecule has 0 N–H and O–H groups in total. The minimum absolute atomic E-state index is 0.0636. The van der Waals surface area contributed by atoms with Crippen LogP contribution in [0.2, 0.25) is 5.02 Å². The summed E-state index contributed by atoms with van der Waals surface area (Å²) in [5.41, 5.74) is 0.646. The van der Waals surface area contributed by atoms with Gasteiger partial charge in [-0.05, 0) is 42.9 Å². The topological polar surface area (TPSA) is 26.3 Å². The molecule has 0 amide bonds. The molecule has 1 atom stereocenters. The van der Waals surface area contributed by atoms with Gasteiger partial charge in [0.05, 0.1) is 5.56 Å². The number of carbonyl (C=O) groups excluding carboxylic acids is 1. The van der Waals surface area contributed by atoms with Crippen molar-refractivity contribution in [3.8, 4) is 5.75 Å². The number of rotatable bonds is 1. The maximum absolute atomic E-state index is 12.2. The monoisotopic (exact) mass is 278 g/mol. The number of ether oxygens (including phenoxy) is 1. The maximum atomic E-state index is 12.2. The zero-order chi connectivity index (χ0) is 13.4. The van der Waals surface area contributed by atoms with Gasteiger partial charge in [0.25, 0.3) is 0 Å². The van der Waals surface area contributed by atoms with E-state index in [9.17, 15) is 4.79 Å². The molecule has 1 aliphatic heterocycles. The molecule has 1 aliphatic carbocycles. The molecular formula is C16H19ClO2. The quantitative estimate of drug-likeness (QED) is 0.756. The highest BCUT2D eigenvalue weighted by Crippen LogP contribution is 2.38. The van der Waals surface area contributed by atoms with E-state index in [1.807, 2.05) is 6.07 Å². The van der Waals surface area contributed by atoms with E-state index in [4.69, 9.17) is 16.3 Å². The summed E-state index contributed by atoms with van der Waals surface area (Å²) in [4.78, 5) is 12.2. The van der Waals surface area contributed by atoms with Crippen molar-refractivity contribution < 1.29 is 9.53 Å². The second-order valence-electron chi connectivity index (χ2n) is 5.94. The van der Waals surface area contributed by atoms with Crippen LogP contribution < -0.4 is 4.74 Å². The van der Waals surface area contributed by atoms with Crippen LogP contribution in [0.15, 0.2) is 18.2 Å². The number of benzene rings is 1. The van der Waals surface area contributed by atoms with Crippen LogP contribution in [0.3, 0.4) is 0 Å². The van der Waals surface area contributed by atoms with Crippen LogP contribution in [0.1, 0.15) is 49.4 Å². The van der Waals surface area contributed by atoms with Crippen LogP contribution in [0, 0.1) is 11.8 Å². The van der Waals surface area contributed by atoms with E-state index in [-0.39, 0.29) is 11.9 Å². The highest BCUT2D eigenvalue weighted by atomic mass is 35.5. The molecule has 1 aromatic carbocycles. The number of hydrogen-bond acceptors (Lipinski definition) is 2. The van der Waals surface area contributed by atoms with E-state index < -0.39 is 0 Å². The van der Waals surface area contributed by atoms with E-state index in [1.54, 1.807) is 12.1 Å². The van der Waals surface area contributed by atoms with Crippen molar-refractivity contribution in [1.82, 2.24) is 0 Å². The summed E-state index contributed by atoms with van der Waals surface area (Å²) in [5, 5.41) is 0.598. The molecule has 0 spiro atoms. The Morgan fingerprint density at radius 2 is 1.95 bits per heavy atom. The summed E-state index contributed by atoms with van der Waals surface area (Å²) in [7, 11) is 0. The van der Waals surface area contributed by atoms with Crippen LogP contribution in [0.4, 0.5) is 0 Å². The molecule has 2 nitrogen and oxygen atoms in total. The number of ketones is 1. The predicted molar refractivity (Wildman–Crippen MR) is 75.9 cm³/mol. The molecule has 0 bridgehead atoms. The highest BCUT2D eigenvalue weighted by Gasteiger charge is 2.34. The molecule has 0 radical (unpaired) electrons. The number of Topliss-reactive ketones (excluding diaryl/α,β-unsaturated/α-hetero) is 1. The molecule has 1 fully saturated rings. The second-order valence-corrected chi connectivity index (χ2v) is 6.38. The number of fused-ring (bicyclic) bond motifs is 1. The van der Waals surface area contributed by atoms with Crippen LogP contribution in [-0.2, 0) is 0 Å². The average molecular weight is 279 g/mol. The van der Waals surface area contributed by atoms with E-state index >= 15 is 0 Å². The first-order valence-corrected chi connectivity index (χ1v) is 7.50. The van der Waals surface area contributed by atoms with Gasteiger partial charge in [0.1, 0.15) is 11.9 Å². The number of hydrogen-bond donors (Lipinski definition) is 0. The standard InChI is InChI=1S/C16H19ClO2/c1-10-2-4-11(5-3-10)16-9-14(18)13-8-12(17)6-7-15(13)19-16/h6-8,10-11,16H,2-5,9H2,1H3. The zero-order valence-electron chi connectivity index (χ0n) is 11.2. The lowest BCUT2D eigenvalue weighted by Crippen LogP contribution is -2.35. The third kappa shape index (κ3) is 2.64. The van der Waals surface area contributed by atoms with Gasteiger partial charge in [0, 0.05) is 11.4 Å². The average Bonchev–Trinajstić information content (AvgIpc) is 2.40. The summed E-state index contributed by atoms with van der Waals surface area (Å²) in [6, 6.07) is 5.34. The Balaban J connectivity index is 1.77. The molecule has 3 rings (SSSR count). The third-order valence-electron chi connectivity index (χ3n) is 4.49. The Hall–Kier alpha value is -1.02. The normalized spacial score (nSPS) is 30.6. The first-order valence-electron chi connectivity index (χ1n) is 7.13. The largest absolute Gasteiger partial charge is 0.489 e. The van der Waals surface area contributed by atoms with Gasteiger partial charge in [-0.2, -0.15) is 0 Å². The van der Waals surface area contributed by atoms with Gasteiger partial charge in [0.15, 0.2) is 5.78 Å². The molecule has 2 aliphatic rings. The van der Waals surface area contributed by atoms with Gasteiger partial charge in [-0.3, -0.25) is 4.79 Å². The third-order valence-corrected chi connectivity index (χ3v) is 4.73. The summed E-state index contributed by atoms with van der Waals surface area (Å²) >= 11 is 5.94. The maximum Gasteiger partial charge on any atom is 0.170 e. The van der Waals surface area contributed by atoms with Crippen molar-refractivity contribution in [2.75, 3.05) is 0 Å². The Morgan fingerprint density at radius 3 is 2.68 bits per heavy atom. The molecule has 3 heteroatoms. The molecule has 0 aromatic heterocycles. The lowest BCUT2D eigenvalue weighted by Gasteiger charge is -2.35. The van der Waals surface area contributed by atoms with Gasteiger partial charge in [0.2, 0.25) is 0 Å². The number of carbonyl (C=O) groups is 1. The van der Waals surface area contributed by atoms with Gasteiger partial charge >= 0.3 is 0 Å². The molecule has 1 aromatic rings. The lowest BCUT2D eigenvalue weighted by atomic mass is 9.78. The molecule has 0 saturated heterocycles. The van der Waals surface area contributed by atoms with Crippen molar-refractivity contribution in [1.29, 1.82) is 0 Å². The van der Waals surface area contributed by atoms with Crippen LogP contribution >= 0.6 is 11.6 Å². The number of halogens is 1. The molecule has 19 heavy (non-hydrogen) atoms. The molecule has 1 saturated carbocycles. The molecular weight excluding hydrogens is 260 g/mol. The Morgan fingerprint density at radius 1 is 1.21 bits per heavy atom. The minimum Gasteiger partial charge on any atom is -0.489 e. The van der Waals surface area contributed by atoms with Gasteiger partial charge in [-0.25, -0.2) is 0 Å². The minimum atomic E-state index is 0.0636. The summed E-state index contributed by atoms with van der Waals surface area (Å²) in [5.74, 6) is 2.24. The molecule has 102 valence electrons. The Kier molecular flexibility index (Phi) is 3.53. The van der Waals surface area contributed by atoms with Crippen molar-refractivity contribution in [2.45, 2.75) is 45.1 Å². The Labute approximate surface area is 119 Å². The van der Waals surface area contributed by atoms with Gasteiger partial charge in [-0.15, -0.1) is 0 Å². The van der Waals surface area contributed by atoms with Crippen molar-refractivity contribution in [3.05, 3.63) is 28.8 Å². The van der Waals surface area contributed by atoms with E-state index in [2.05, 4.69) is 6.92 Å². The highest BCUT2D eigenvalue weighted by molar-refractivity contribution is 6.31. The van der Waals surface area contributed by atoms with Crippen molar-refractivity contribution >= 4 is 17.4 Å². The van der Waals surface area contributed by atoms with Gasteiger partial charge < -0.3 is 4.74 Å². The van der Waals surface area contributed by atoms with Crippen molar-refractivity contribution in [3.63, 3.8) is 0 Å². The van der Waals surface area contributed by atoms with Gasteiger partial charge in [-0.1, -0.05) is 31.4 Å². The first kappa shape index (κ1) is 13.0. The fourth-order valence-corrected chi connectivity index (χ4v) is 3.41. The van der Waals surface area contributed by atoms with Crippen molar-refractivity contribution in [2.24, 2.45) is 11.8 Å². The van der Waals surface area contributed by atoms with Crippen LogP contribution in [-0.4, -0.2) is 11.9 Å². The fraction of sp³-hybridized carbons (Fsp3) is 0.562. The molecule has 1 heterocycles. The SMILES string of the molecule is CC1CCC(C2CC(=O)c3cc(Cl)ccc3O2)CC1. The van der Waals surface area contributed by atoms with E-state index in [0.717, 1.165) is 5.92 Å². The summed E-state index contributed by atoms with van der Waals surface area (Å²) in [6.45, 7) is 2.31. The zero-order valence-corrected chi connectivity index (χ0v) is 12.0. The van der Waals surface area contributed by atoms with Crippen LogP contribution in [0.25, 0.3) is 0 Å². The predicted octanol–water partition coefficient (Wildman–Crippen LogP) is 4.50. The first-order chi connectivity index (χ1) is 9.13. The van der Waals surface area contributed by atoms with Crippen LogP contribution in [0.5, 0.6) is 5.75 Å². The van der Waals surface area contributed by atoms with E-state index in [0.29, 0.717) is 28.7 Å². The summed E-state index contributed by atoms with van der Waals surface area (Å²) in [6.07, 6.45) is 5.45. The lowest BCUT2D eigenvalue weighted by molar-refractivity contribution is 0.0618. The summed E-state index contributed by atoms with van der Waals surface area (Å²) < 4.78 is 6.05. The smallest absolute Gasteiger partial charge is 0.170 e. The Bertz CT molecular complexity index is 490. The van der Waals surface area contributed by atoms with E-state index in [1.165, 1.54) is 25.7 Å².